The van der Waals surface area contributed by atoms with Crippen LogP contribution < -0.4 is 5.32 Å². The minimum Gasteiger partial charge on any atom is -0.444 e. The van der Waals surface area contributed by atoms with E-state index in [1.807, 2.05) is 38.7 Å². The Bertz CT molecular complexity index is 593. The molecule has 3 rings (SSSR count). The van der Waals surface area contributed by atoms with E-state index in [1.165, 1.54) is 6.42 Å². The molecule has 25 heavy (non-hydrogen) atoms. The molecule has 2 heterocycles. The van der Waals surface area contributed by atoms with Gasteiger partial charge in [-0.1, -0.05) is 11.6 Å². The van der Waals surface area contributed by atoms with Crippen molar-refractivity contribution in [2.45, 2.75) is 84.0 Å². The van der Waals surface area contributed by atoms with E-state index in [2.05, 4.69) is 10.5 Å². The summed E-state index contributed by atoms with van der Waals surface area (Å²) in [4.78, 5) is 14.5. The maximum absolute atomic E-state index is 12.6. The van der Waals surface area contributed by atoms with Crippen LogP contribution in [0.15, 0.2) is 10.6 Å². The highest BCUT2D eigenvalue weighted by Gasteiger charge is 2.41. The number of nitrogens with zero attached hydrogens (tertiary/aromatic N) is 2. The molecular weight excluding hydrogens is 318 g/mol. The Morgan fingerprint density at radius 3 is 2.84 bits per heavy atom. The summed E-state index contributed by atoms with van der Waals surface area (Å²) < 4.78 is 10.9. The van der Waals surface area contributed by atoms with Crippen molar-refractivity contribution in [3.05, 3.63) is 17.5 Å². The van der Waals surface area contributed by atoms with E-state index in [1.54, 1.807) is 0 Å². The molecule has 1 aromatic heterocycles. The third-order valence-electron chi connectivity index (χ3n) is 5.21. The van der Waals surface area contributed by atoms with Gasteiger partial charge in [-0.25, -0.2) is 4.79 Å². The quantitative estimate of drug-likeness (QED) is 0.899. The monoisotopic (exact) mass is 349 g/mol. The highest BCUT2D eigenvalue weighted by atomic mass is 16.6. The largest absolute Gasteiger partial charge is 0.444 e. The molecule has 1 amide bonds. The van der Waals surface area contributed by atoms with Crippen LogP contribution in [-0.4, -0.2) is 40.4 Å². The normalized spacial score (nSPS) is 27.0. The first kappa shape index (κ1) is 18.2. The number of nitrogens with one attached hydrogen (secondary N) is 1. The topological polar surface area (TPSA) is 67.6 Å². The van der Waals surface area contributed by atoms with Gasteiger partial charge in [0.2, 0.25) is 0 Å². The van der Waals surface area contributed by atoms with Crippen molar-refractivity contribution >= 4 is 6.09 Å². The molecule has 0 spiro atoms. The average Bonchev–Trinajstić information content (AvgIpc) is 3.23. The molecule has 3 unspecified atom stereocenters. The second-order valence-corrected chi connectivity index (χ2v) is 8.40. The zero-order valence-electron chi connectivity index (χ0n) is 15.9. The summed E-state index contributed by atoms with van der Waals surface area (Å²) in [6.07, 6.45) is 5.49. The van der Waals surface area contributed by atoms with Crippen molar-refractivity contribution in [1.29, 1.82) is 0 Å². The number of aromatic nitrogens is 1. The van der Waals surface area contributed by atoms with Crippen molar-refractivity contribution < 1.29 is 14.1 Å². The SMILES string of the molecule is Cc1cc(CNC2CCCC2C2CCCN2C(=O)OC(C)(C)C)on1. The summed E-state index contributed by atoms with van der Waals surface area (Å²) in [6, 6.07) is 2.67. The molecule has 0 radical (unpaired) electrons. The average molecular weight is 349 g/mol. The lowest BCUT2D eigenvalue weighted by Crippen LogP contribution is -2.47. The third kappa shape index (κ3) is 4.54. The fourth-order valence-corrected chi connectivity index (χ4v) is 4.22. The van der Waals surface area contributed by atoms with Crippen molar-refractivity contribution in [3.8, 4) is 0 Å². The lowest BCUT2D eigenvalue weighted by Gasteiger charge is -2.34. The fourth-order valence-electron chi connectivity index (χ4n) is 4.22. The Morgan fingerprint density at radius 1 is 1.36 bits per heavy atom. The minimum atomic E-state index is -0.443. The Balaban J connectivity index is 1.61. The van der Waals surface area contributed by atoms with Crippen molar-refractivity contribution in [2.24, 2.45) is 5.92 Å². The van der Waals surface area contributed by atoms with Gasteiger partial charge < -0.3 is 19.5 Å². The molecule has 2 aliphatic rings. The molecule has 6 nitrogen and oxygen atoms in total. The second kappa shape index (κ2) is 7.36. The molecule has 3 atom stereocenters. The molecule has 1 saturated carbocycles. The number of carbonyl (C=O) groups excluding carboxylic acids is 1. The lowest BCUT2D eigenvalue weighted by molar-refractivity contribution is 0.0166. The maximum atomic E-state index is 12.6. The number of rotatable bonds is 4. The number of aryl methyl sites for hydroxylation is 1. The van der Waals surface area contributed by atoms with Crippen molar-refractivity contribution in [2.75, 3.05) is 6.54 Å². The number of carbonyl (C=O) groups is 1. The van der Waals surface area contributed by atoms with E-state index in [4.69, 9.17) is 9.26 Å². The standard InChI is InChI=1S/C19H31N3O3/c1-13-11-14(25-21-13)12-20-16-8-5-7-15(16)17-9-6-10-22(17)18(23)24-19(2,3)4/h11,15-17,20H,5-10,12H2,1-4H3. The summed E-state index contributed by atoms with van der Waals surface area (Å²) in [6.45, 7) is 9.22. The summed E-state index contributed by atoms with van der Waals surface area (Å²) in [5.41, 5.74) is 0.466. The molecule has 1 saturated heterocycles. The predicted octanol–water partition coefficient (Wildman–Crippen LogP) is 3.64. The first-order valence-corrected chi connectivity index (χ1v) is 9.49. The molecule has 140 valence electrons. The minimum absolute atomic E-state index is 0.161. The van der Waals surface area contributed by atoms with E-state index >= 15 is 0 Å². The van der Waals surface area contributed by atoms with Gasteiger partial charge in [-0.2, -0.15) is 0 Å². The first-order chi connectivity index (χ1) is 11.8. The van der Waals surface area contributed by atoms with E-state index < -0.39 is 5.60 Å². The lowest BCUT2D eigenvalue weighted by atomic mass is 9.92. The summed E-state index contributed by atoms with van der Waals surface area (Å²) >= 11 is 0. The van der Waals surface area contributed by atoms with Gasteiger partial charge in [-0.15, -0.1) is 0 Å². The summed E-state index contributed by atoms with van der Waals surface area (Å²) in [5.74, 6) is 1.36. The number of amides is 1. The van der Waals surface area contributed by atoms with Gasteiger partial charge >= 0.3 is 6.09 Å². The van der Waals surface area contributed by atoms with Gasteiger partial charge in [0, 0.05) is 24.7 Å². The zero-order chi connectivity index (χ0) is 18.0. The number of hydrogen-bond acceptors (Lipinski definition) is 5. The number of hydrogen-bond donors (Lipinski definition) is 1. The number of ether oxygens (including phenoxy) is 1. The molecule has 1 aliphatic heterocycles. The molecule has 0 bridgehead atoms. The first-order valence-electron chi connectivity index (χ1n) is 9.49. The van der Waals surface area contributed by atoms with Gasteiger partial charge in [0.15, 0.2) is 5.76 Å². The van der Waals surface area contributed by atoms with Crippen LogP contribution in [0.5, 0.6) is 0 Å². The van der Waals surface area contributed by atoms with Crippen LogP contribution in [0.3, 0.4) is 0 Å². The van der Waals surface area contributed by atoms with E-state index in [9.17, 15) is 4.79 Å². The molecule has 2 fully saturated rings. The van der Waals surface area contributed by atoms with Gasteiger partial charge in [-0.3, -0.25) is 0 Å². The van der Waals surface area contributed by atoms with Crippen LogP contribution in [-0.2, 0) is 11.3 Å². The third-order valence-corrected chi connectivity index (χ3v) is 5.21. The summed E-state index contributed by atoms with van der Waals surface area (Å²) in [7, 11) is 0. The molecule has 1 N–H and O–H groups in total. The van der Waals surface area contributed by atoms with E-state index in [0.29, 0.717) is 18.5 Å². The van der Waals surface area contributed by atoms with Crippen LogP contribution in [0.2, 0.25) is 0 Å². The maximum Gasteiger partial charge on any atom is 0.410 e. The van der Waals surface area contributed by atoms with E-state index in [0.717, 1.165) is 43.7 Å². The highest BCUT2D eigenvalue weighted by molar-refractivity contribution is 5.69. The molecule has 6 heteroatoms. The molecule has 1 aromatic rings. The smallest absolute Gasteiger partial charge is 0.410 e. The van der Waals surface area contributed by atoms with Gasteiger partial charge in [0.1, 0.15) is 5.60 Å². The summed E-state index contributed by atoms with van der Waals surface area (Å²) in [5, 5.41) is 7.58. The van der Waals surface area contributed by atoms with Gasteiger partial charge in [-0.05, 0) is 59.3 Å². The Kier molecular flexibility index (Phi) is 5.37. The van der Waals surface area contributed by atoms with Crippen LogP contribution >= 0.6 is 0 Å². The Morgan fingerprint density at radius 2 is 2.16 bits per heavy atom. The Hall–Kier alpha value is -1.56. The fraction of sp³-hybridized carbons (Fsp3) is 0.789. The zero-order valence-corrected chi connectivity index (χ0v) is 15.9. The van der Waals surface area contributed by atoms with Gasteiger partial charge in [0.25, 0.3) is 0 Å². The second-order valence-electron chi connectivity index (χ2n) is 8.40. The van der Waals surface area contributed by atoms with Crippen LogP contribution in [0, 0.1) is 12.8 Å². The predicted molar refractivity (Wildman–Crippen MR) is 95.2 cm³/mol. The van der Waals surface area contributed by atoms with Crippen molar-refractivity contribution in [1.82, 2.24) is 15.4 Å². The molecule has 1 aliphatic carbocycles. The van der Waals surface area contributed by atoms with Crippen molar-refractivity contribution in [3.63, 3.8) is 0 Å². The van der Waals surface area contributed by atoms with Crippen LogP contribution in [0.1, 0.15) is 64.3 Å². The van der Waals surface area contributed by atoms with Crippen LogP contribution in [0.25, 0.3) is 0 Å². The van der Waals surface area contributed by atoms with E-state index in [-0.39, 0.29) is 12.1 Å². The molecular formula is C19H31N3O3. The Labute approximate surface area is 150 Å². The number of likely N-dealkylation sites (tertiary alicyclic amines) is 1. The highest BCUT2D eigenvalue weighted by Crippen LogP contribution is 2.36. The van der Waals surface area contributed by atoms with Crippen LogP contribution in [0.4, 0.5) is 4.79 Å². The molecule has 0 aromatic carbocycles. The van der Waals surface area contributed by atoms with Gasteiger partial charge in [0.05, 0.1) is 12.2 Å².